The second-order valence-corrected chi connectivity index (χ2v) is 3.64. The van der Waals surface area contributed by atoms with Crippen LogP contribution in [0.1, 0.15) is 5.56 Å². The van der Waals surface area contributed by atoms with Crippen LogP contribution in [0.3, 0.4) is 0 Å². The molecule has 1 amide bonds. The van der Waals surface area contributed by atoms with E-state index in [9.17, 15) is 4.79 Å². The van der Waals surface area contributed by atoms with Gasteiger partial charge in [0.1, 0.15) is 18.4 Å². The van der Waals surface area contributed by atoms with Crippen LogP contribution >= 0.6 is 0 Å². The van der Waals surface area contributed by atoms with Crippen molar-refractivity contribution in [2.24, 2.45) is 5.73 Å². The first kappa shape index (κ1) is 10.5. The Balaban J connectivity index is 2.50. The van der Waals surface area contributed by atoms with Crippen LogP contribution in [0.5, 0.6) is 5.75 Å². The number of benzene rings is 1. The van der Waals surface area contributed by atoms with Crippen LogP contribution in [0, 0.1) is 12.3 Å². The average Bonchev–Trinajstić information content (AvgIpc) is 2.42. The van der Waals surface area contributed by atoms with Gasteiger partial charge in [0.05, 0.1) is 5.69 Å². The molecule has 2 rings (SSSR count). The Morgan fingerprint density at radius 1 is 1.62 bits per heavy atom. The molecule has 2 N–H and O–H groups in total. The molecule has 16 heavy (non-hydrogen) atoms. The number of carbonyl (C=O) groups excluding carboxylic acids is 1. The van der Waals surface area contributed by atoms with E-state index in [1.54, 1.807) is 25.2 Å². The van der Waals surface area contributed by atoms with Gasteiger partial charge in [-0.05, 0) is 18.2 Å². The number of nitrogens with two attached hydrogens (primary N) is 1. The molecule has 1 aromatic carbocycles. The van der Waals surface area contributed by atoms with Gasteiger partial charge in [0.2, 0.25) is 5.91 Å². The quantitative estimate of drug-likeness (QED) is 0.637. The highest BCUT2D eigenvalue weighted by atomic mass is 16.5. The summed E-state index contributed by atoms with van der Waals surface area (Å²) in [5, 5.41) is 0. The Morgan fingerprint density at radius 2 is 2.38 bits per heavy atom. The monoisotopic (exact) mass is 216 g/mol. The van der Waals surface area contributed by atoms with Gasteiger partial charge in [0, 0.05) is 12.6 Å². The molecule has 0 bridgehead atoms. The molecule has 0 fully saturated rings. The number of rotatable bonds is 0. The van der Waals surface area contributed by atoms with Gasteiger partial charge in [-0.3, -0.25) is 4.79 Å². The number of hydrogen-bond acceptors (Lipinski definition) is 3. The molecule has 1 aliphatic rings. The van der Waals surface area contributed by atoms with Gasteiger partial charge in [-0.25, -0.2) is 0 Å². The third-order valence-electron chi connectivity index (χ3n) is 2.55. The highest BCUT2D eigenvalue weighted by molar-refractivity contribution is 5.98. The SMILES string of the molecule is C#Cc1ccc2c(c1)N(C)C(=O)[C@@H](N)CO2. The van der Waals surface area contributed by atoms with E-state index in [4.69, 9.17) is 16.9 Å². The van der Waals surface area contributed by atoms with Crippen LogP contribution in [0.15, 0.2) is 18.2 Å². The number of carbonyl (C=O) groups is 1. The smallest absolute Gasteiger partial charge is 0.247 e. The fourth-order valence-corrected chi connectivity index (χ4v) is 1.61. The fourth-order valence-electron chi connectivity index (χ4n) is 1.61. The minimum atomic E-state index is -0.633. The van der Waals surface area contributed by atoms with Crippen LogP contribution in [-0.2, 0) is 4.79 Å². The maximum absolute atomic E-state index is 11.8. The van der Waals surface area contributed by atoms with Crippen molar-refractivity contribution in [1.82, 2.24) is 0 Å². The second kappa shape index (κ2) is 3.87. The first-order chi connectivity index (χ1) is 7.63. The van der Waals surface area contributed by atoms with Crippen LogP contribution in [0.2, 0.25) is 0 Å². The zero-order chi connectivity index (χ0) is 11.7. The number of likely N-dealkylation sites (N-methyl/N-ethyl adjacent to an activating group) is 1. The molecule has 0 aromatic heterocycles. The minimum absolute atomic E-state index is 0.173. The molecule has 4 nitrogen and oxygen atoms in total. The van der Waals surface area contributed by atoms with Gasteiger partial charge in [0.15, 0.2) is 0 Å². The lowest BCUT2D eigenvalue weighted by Gasteiger charge is -2.17. The molecule has 0 saturated heterocycles. The van der Waals surface area contributed by atoms with E-state index in [1.165, 1.54) is 4.90 Å². The lowest BCUT2D eigenvalue weighted by atomic mass is 10.2. The predicted octanol–water partition coefficient (Wildman–Crippen LogP) is 0.350. The summed E-state index contributed by atoms with van der Waals surface area (Å²) in [5.41, 5.74) is 7.03. The molecule has 1 aromatic rings. The zero-order valence-electron chi connectivity index (χ0n) is 8.93. The number of ether oxygens (including phenoxy) is 1. The summed E-state index contributed by atoms with van der Waals surface area (Å²) in [6.07, 6.45) is 5.31. The fraction of sp³-hybridized carbons (Fsp3) is 0.250. The van der Waals surface area contributed by atoms with E-state index < -0.39 is 6.04 Å². The average molecular weight is 216 g/mol. The van der Waals surface area contributed by atoms with E-state index >= 15 is 0 Å². The summed E-state index contributed by atoms with van der Waals surface area (Å²) in [6.45, 7) is 0.186. The molecule has 4 heteroatoms. The number of anilines is 1. The van der Waals surface area contributed by atoms with Crippen molar-refractivity contribution in [2.45, 2.75) is 6.04 Å². The van der Waals surface area contributed by atoms with E-state index in [-0.39, 0.29) is 12.5 Å². The Labute approximate surface area is 94.0 Å². The van der Waals surface area contributed by atoms with Crippen molar-refractivity contribution in [2.75, 3.05) is 18.6 Å². The maximum atomic E-state index is 11.8. The number of fused-ring (bicyclic) bond motifs is 1. The van der Waals surface area contributed by atoms with Crippen molar-refractivity contribution < 1.29 is 9.53 Å². The summed E-state index contributed by atoms with van der Waals surface area (Å²) in [7, 11) is 1.66. The van der Waals surface area contributed by atoms with Crippen molar-refractivity contribution in [3.8, 4) is 18.1 Å². The topological polar surface area (TPSA) is 55.6 Å². The molecular formula is C12H12N2O2. The third kappa shape index (κ3) is 1.62. The second-order valence-electron chi connectivity index (χ2n) is 3.64. The summed E-state index contributed by atoms with van der Waals surface area (Å²) >= 11 is 0. The number of amides is 1. The predicted molar refractivity (Wildman–Crippen MR) is 61.3 cm³/mol. The van der Waals surface area contributed by atoms with Crippen LogP contribution in [0.25, 0.3) is 0 Å². The first-order valence-corrected chi connectivity index (χ1v) is 4.90. The van der Waals surface area contributed by atoms with Gasteiger partial charge in [-0.15, -0.1) is 6.42 Å². The minimum Gasteiger partial charge on any atom is -0.489 e. The van der Waals surface area contributed by atoms with E-state index in [0.717, 1.165) is 0 Å². The van der Waals surface area contributed by atoms with Crippen molar-refractivity contribution in [3.63, 3.8) is 0 Å². The largest absolute Gasteiger partial charge is 0.489 e. The third-order valence-corrected chi connectivity index (χ3v) is 2.55. The summed E-state index contributed by atoms with van der Waals surface area (Å²) in [4.78, 5) is 13.3. The molecule has 0 spiro atoms. The molecule has 1 atom stereocenters. The zero-order valence-corrected chi connectivity index (χ0v) is 8.93. The number of hydrogen-bond donors (Lipinski definition) is 1. The maximum Gasteiger partial charge on any atom is 0.247 e. The Morgan fingerprint density at radius 3 is 3.06 bits per heavy atom. The van der Waals surface area contributed by atoms with Gasteiger partial charge in [-0.2, -0.15) is 0 Å². The Hall–Kier alpha value is -1.99. The first-order valence-electron chi connectivity index (χ1n) is 4.90. The van der Waals surface area contributed by atoms with Gasteiger partial charge in [-0.1, -0.05) is 5.92 Å². The lowest BCUT2D eigenvalue weighted by molar-refractivity contribution is -0.119. The Kier molecular flexibility index (Phi) is 2.55. The highest BCUT2D eigenvalue weighted by Crippen LogP contribution is 2.30. The van der Waals surface area contributed by atoms with Crippen molar-refractivity contribution >= 4 is 11.6 Å². The normalized spacial score (nSPS) is 19.4. The van der Waals surface area contributed by atoms with Crippen molar-refractivity contribution in [1.29, 1.82) is 0 Å². The molecule has 0 saturated carbocycles. The van der Waals surface area contributed by atoms with E-state index in [2.05, 4.69) is 5.92 Å². The standard InChI is InChI=1S/C12H12N2O2/c1-3-8-4-5-11-10(6-8)14(2)12(15)9(13)7-16-11/h1,4-6,9H,7,13H2,2H3/t9-/m0/s1. The number of nitrogens with zero attached hydrogens (tertiary/aromatic N) is 1. The van der Waals surface area contributed by atoms with Gasteiger partial charge >= 0.3 is 0 Å². The molecule has 1 heterocycles. The molecule has 0 unspecified atom stereocenters. The molecule has 82 valence electrons. The van der Waals surface area contributed by atoms with Crippen LogP contribution in [-0.4, -0.2) is 25.6 Å². The number of terminal acetylenes is 1. The van der Waals surface area contributed by atoms with Gasteiger partial charge in [0.25, 0.3) is 0 Å². The van der Waals surface area contributed by atoms with Crippen LogP contribution < -0.4 is 15.4 Å². The van der Waals surface area contributed by atoms with E-state index in [0.29, 0.717) is 17.0 Å². The lowest BCUT2D eigenvalue weighted by Crippen LogP contribution is -2.43. The Bertz CT molecular complexity index is 476. The summed E-state index contributed by atoms with van der Waals surface area (Å²) in [5.74, 6) is 2.97. The highest BCUT2D eigenvalue weighted by Gasteiger charge is 2.26. The van der Waals surface area contributed by atoms with Gasteiger partial charge < -0.3 is 15.4 Å². The molecular weight excluding hydrogens is 204 g/mol. The molecule has 0 aliphatic carbocycles. The summed E-state index contributed by atoms with van der Waals surface area (Å²) in [6, 6.07) is 4.64. The molecule has 0 radical (unpaired) electrons. The molecule has 1 aliphatic heterocycles. The van der Waals surface area contributed by atoms with Crippen LogP contribution in [0.4, 0.5) is 5.69 Å². The van der Waals surface area contributed by atoms with Crippen molar-refractivity contribution in [3.05, 3.63) is 23.8 Å². The van der Waals surface area contributed by atoms with E-state index in [1.807, 2.05) is 0 Å². The summed E-state index contributed by atoms with van der Waals surface area (Å²) < 4.78 is 5.44.